The van der Waals surface area contributed by atoms with Crippen LogP contribution >= 0.6 is 23.4 Å². The van der Waals surface area contributed by atoms with Gasteiger partial charge in [0.2, 0.25) is 16.4 Å². The van der Waals surface area contributed by atoms with Gasteiger partial charge in [0.15, 0.2) is 5.16 Å². The number of rotatable bonds is 3. The van der Waals surface area contributed by atoms with Crippen molar-refractivity contribution >= 4 is 29.3 Å². The van der Waals surface area contributed by atoms with Crippen molar-refractivity contribution < 1.29 is 0 Å². The maximum atomic E-state index is 5.91. The Morgan fingerprint density at radius 1 is 0.850 bits per heavy atom. The lowest BCUT2D eigenvalue weighted by Crippen LogP contribution is -2.13. The molecule has 0 spiro atoms. The van der Waals surface area contributed by atoms with Gasteiger partial charge in [0.05, 0.1) is 0 Å². The molecule has 0 aliphatic rings. The lowest BCUT2D eigenvalue weighted by molar-refractivity contribution is 0.845. The van der Waals surface area contributed by atoms with Crippen molar-refractivity contribution in [1.82, 2.24) is 24.9 Å². The van der Waals surface area contributed by atoms with Crippen LogP contribution < -0.4 is 4.90 Å². The molecule has 2 heterocycles. The second-order valence-corrected chi connectivity index (χ2v) is 5.76. The fraction of sp³-hybridized carbons (Fsp3) is 0.417. The Labute approximate surface area is 127 Å². The van der Waals surface area contributed by atoms with E-state index in [9.17, 15) is 0 Å². The highest BCUT2D eigenvalue weighted by Gasteiger charge is 2.11. The first-order chi connectivity index (χ1) is 9.36. The maximum Gasteiger partial charge on any atom is 0.230 e. The van der Waals surface area contributed by atoms with E-state index in [0.717, 1.165) is 17.0 Å². The van der Waals surface area contributed by atoms with Crippen molar-refractivity contribution in [3.63, 3.8) is 0 Å². The standard InChI is InChI=1S/C12H15ClN6S/c1-6-7(2)14-11(15-8(6)3)20-12-17-9(13)16-10(18-12)19(4)5/h1-5H3. The Hall–Kier alpha value is -1.47. The summed E-state index contributed by atoms with van der Waals surface area (Å²) in [7, 11) is 3.69. The van der Waals surface area contributed by atoms with Crippen molar-refractivity contribution in [1.29, 1.82) is 0 Å². The Morgan fingerprint density at radius 2 is 1.40 bits per heavy atom. The molecule has 2 aromatic heterocycles. The van der Waals surface area contributed by atoms with Gasteiger partial charge in [0.1, 0.15) is 0 Å². The van der Waals surface area contributed by atoms with Crippen LogP contribution in [0.1, 0.15) is 17.0 Å². The smallest absolute Gasteiger partial charge is 0.230 e. The summed E-state index contributed by atoms with van der Waals surface area (Å²) in [5.74, 6) is 0.507. The Kier molecular flexibility index (Phi) is 4.39. The minimum absolute atomic E-state index is 0.159. The van der Waals surface area contributed by atoms with Crippen molar-refractivity contribution in [2.45, 2.75) is 31.1 Å². The van der Waals surface area contributed by atoms with Crippen LogP contribution in [-0.2, 0) is 0 Å². The highest BCUT2D eigenvalue weighted by atomic mass is 35.5. The van der Waals surface area contributed by atoms with Gasteiger partial charge in [-0.05, 0) is 49.7 Å². The zero-order valence-corrected chi connectivity index (χ0v) is 13.5. The van der Waals surface area contributed by atoms with Crippen LogP contribution in [0.3, 0.4) is 0 Å². The van der Waals surface area contributed by atoms with Crippen molar-refractivity contribution in [2.75, 3.05) is 19.0 Å². The molecule has 2 aromatic rings. The molecule has 0 aromatic carbocycles. The Balaban J connectivity index is 2.35. The number of nitrogens with zero attached hydrogens (tertiary/aromatic N) is 6. The highest BCUT2D eigenvalue weighted by molar-refractivity contribution is 7.99. The molecule has 0 aliphatic heterocycles. The molecule has 0 saturated heterocycles. The number of hydrogen-bond donors (Lipinski definition) is 0. The largest absolute Gasteiger partial charge is 0.347 e. The van der Waals surface area contributed by atoms with Crippen molar-refractivity contribution in [3.05, 3.63) is 22.2 Å². The summed E-state index contributed by atoms with van der Waals surface area (Å²) in [6.45, 7) is 5.92. The quantitative estimate of drug-likeness (QED) is 0.807. The molecule has 20 heavy (non-hydrogen) atoms. The van der Waals surface area contributed by atoms with E-state index in [1.54, 1.807) is 4.90 Å². The van der Waals surface area contributed by atoms with Crippen molar-refractivity contribution in [3.8, 4) is 0 Å². The molecule has 6 nitrogen and oxygen atoms in total. The minimum atomic E-state index is 0.159. The van der Waals surface area contributed by atoms with E-state index >= 15 is 0 Å². The van der Waals surface area contributed by atoms with Gasteiger partial charge in [-0.3, -0.25) is 0 Å². The molecule has 0 atom stereocenters. The van der Waals surface area contributed by atoms with E-state index in [0.29, 0.717) is 16.3 Å². The molecule has 0 saturated carbocycles. The predicted molar refractivity (Wildman–Crippen MR) is 79.5 cm³/mol. The van der Waals surface area contributed by atoms with E-state index in [1.807, 2.05) is 34.9 Å². The average molecular weight is 311 g/mol. The van der Waals surface area contributed by atoms with E-state index in [2.05, 4.69) is 24.9 Å². The lowest BCUT2D eigenvalue weighted by atomic mass is 10.2. The molecule has 0 amide bonds. The summed E-state index contributed by atoms with van der Waals surface area (Å²) < 4.78 is 0. The highest BCUT2D eigenvalue weighted by Crippen LogP contribution is 2.24. The molecule has 8 heteroatoms. The molecule has 2 rings (SSSR count). The molecule has 0 unspecified atom stereocenters. The molecule has 0 N–H and O–H groups in total. The number of aryl methyl sites for hydroxylation is 2. The van der Waals surface area contributed by atoms with Crippen LogP contribution in [-0.4, -0.2) is 39.0 Å². The van der Waals surface area contributed by atoms with Crippen LogP contribution in [0.2, 0.25) is 5.28 Å². The molecular formula is C12H15ClN6S. The van der Waals surface area contributed by atoms with E-state index in [1.165, 1.54) is 11.8 Å². The summed E-state index contributed by atoms with van der Waals surface area (Å²) >= 11 is 7.18. The fourth-order valence-electron chi connectivity index (χ4n) is 1.44. The lowest BCUT2D eigenvalue weighted by Gasteiger charge is -2.11. The molecule has 0 aliphatic carbocycles. The van der Waals surface area contributed by atoms with E-state index in [-0.39, 0.29) is 5.28 Å². The van der Waals surface area contributed by atoms with Crippen LogP contribution in [0.4, 0.5) is 5.95 Å². The number of hydrogen-bond acceptors (Lipinski definition) is 7. The molecule has 0 radical (unpaired) electrons. The number of halogens is 1. The number of anilines is 1. The van der Waals surface area contributed by atoms with E-state index in [4.69, 9.17) is 11.6 Å². The minimum Gasteiger partial charge on any atom is -0.347 e. The third kappa shape index (κ3) is 3.34. The average Bonchev–Trinajstić information content (AvgIpc) is 2.35. The van der Waals surface area contributed by atoms with Crippen molar-refractivity contribution in [2.24, 2.45) is 0 Å². The topological polar surface area (TPSA) is 67.7 Å². The Morgan fingerprint density at radius 3 is 1.95 bits per heavy atom. The first kappa shape index (κ1) is 14.9. The summed E-state index contributed by atoms with van der Waals surface area (Å²) in [4.78, 5) is 23.1. The summed E-state index contributed by atoms with van der Waals surface area (Å²) in [6.07, 6.45) is 0. The van der Waals surface area contributed by atoms with Crippen LogP contribution in [0.5, 0.6) is 0 Å². The van der Waals surface area contributed by atoms with Crippen LogP contribution in [0.25, 0.3) is 0 Å². The first-order valence-corrected chi connectivity index (χ1v) is 7.15. The van der Waals surface area contributed by atoms with Gasteiger partial charge in [-0.15, -0.1) is 0 Å². The monoisotopic (exact) mass is 310 g/mol. The van der Waals surface area contributed by atoms with Gasteiger partial charge in [0, 0.05) is 25.5 Å². The zero-order valence-electron chi connectivity index (χ0n) is 12.0. The molecule has 106 valence electrons. The third-order valence-electron chi connectivity index (χ3n) is 2.77. The van der Waals surface area contributed by atoms with Gasteiger partial charge >= 0.3 is 0 Å². The van der Waals surface area contributed by atoms with Gasteiger partial charge in [-0.2, -0.15) is 15.0 Å². The summed E-state index contributed by atoms with van der Waals surface area (Å²) in [5, 5.41) is 1.25. The molecule has 0 bridgehead atoms. The first-order valence-electron chi connectivity index (χ1n) is 5.95. The van der Waals surface area contributed by atoms with Gasteiger partial charge < -0.3 is 4.90 Å². The molecule has 0 fully saturated rings. The second-order valence-electron chi connectivity index (χ2n) is 4.49. The number of aromatic nitrogens is 5. The summed E-state index contributed by atoms with van der Waals surface area (Å²) in [5.41, 5.74) is 3.00. The third-order valence-corrected chi connectivity index (χ3v) is 3.67. The zero-order chi connectivity index (χ0) is 14.9. The Bertz CT molecular complexity index is 623. The summed E-state index contributed by atoms with van der Waals surface area (Å²) in [6, 6.07) is 0. The fourth-order valence-corrected chi connectivity index (χ4v) is 2.43. The molecular weight excluding hydrogens is 296 g/mol. The van der Waals surface area contributed by atoms with Gasteiger partial charge in [0.25, 0.3) is 0 Å². The van der Waals surface area contributed by atoms with Crippen LogP contribution in [0.15, 0.2) is 10.3 Å². The maximum absolute atomic E-state index is 5.91. The predicted octanol–water partition coefficient (Wildman–Crippen LogP) is 2.46. The van der Waals surface area contributed by atoms with Crippen LogP contribution in [0, 0.1) is 20.8 Å². The normalized spacial score (nSPS) is 10.7. The second kappa shape index (κ2) is 5.88. The van der Waals surface area contributed by atoms with Gasteiger partial charge in [-0.25, -0.2) is 9.97 Å². The SMILES string of the molecule is Cc1nc(Sc2nc(Cl)nc(N(C)C)n2)nc(C)c1C. The van der Waals surface area contributed by atoms with Gasteiger partial charge in [-0.1, -0.05) is 0 Å². The van der Waals surface area contributed by atoms with E-state index < -0.39 is 0 Å².